The van der Waals surface area contributed by atoms with Crippen LogP contribution in [0.25, 0.3) is 0 Å². The van der Waals surface area contributed by atoms with Crippen molar-refractivity contribution in [2.75, 3.05) is 18.2 Å². The number of carbonyl (C=O) groups is 1. The lowest BCUT2D eigenvalue weighted by Crippen LogP contribution is -2.15. The van der Waals surface area contributed by atoms with Crippen molar-refractivity contribution < 1.29 is 14.3 Å². The number of allylic oxidation sites excluding steroid dienone is 1. The third-order valence-electron chi connectivity index (χ3n) is 3.84. The van der Waals surface area contributed by atoms with Crippen LogP contribution in [0.3, 0.4) is 0 Å². The van der Waals surface area contributed by atoms with Gasteiger partial charge in [-0.05, 0) is 24.3 Å². The van der Waals surface area contributed by atoms with Gasteiger partial charge in [-0.1, -0.05) is 48.2 Å². The fourth-order valence-corrected chi connectivity index (χ4v) is 3.33. The predicted octanol–water partition coefficient (Wildman–Crippen LogP) is 4.13. The summed E-state index contributed by atoms with van der Waals surface area (Å²) in [6, 6.07) is 16.7. The Morgan fingerprint density at radius 3 is 2.69 bits per heavy atom. The molecule has 0 aliphatic carbocycles. The largest absolute Gasteiger partial charge is 0.455 e. The summed E-state index contributed by atoms with van der Waals surface area (Å²) in [7, 11) is 1.60. The monoisotopic (exact) mass is 410 g/mol. The summed E-state index contributed by atoms with van der Waals surface area (Å²) in [5, 5.41) is 11.8. The van der Waals surface area contributed by atoms with E-state index in [1.165, 1.54) is 11.8 Å². The van der Waals surface area contributed by atoms with E-state index in [9.17, 15) is 4.79 Å². The summed E-state index contributed by atoms with van der Waals surface area (Å²) in [5.41, 5.74) is 0.606. The molecular formula is C21H22N4O3S. The van der Waals surface area contributed by atoms with Crippen molar-refractivity contribution in [3.05, 3.63) is 73.1 Å². The summed E-state index contributed by atoms with van der Waals surface area (Å²) in [6.07, 6.45) is 1.75. The quantitative estimate of drug-likeness (QED) is 0.400. The molecule has 150 valence electrons. The highest BCUT2D eigenvalue weighted by molar-refractivity contribution is 7.99. The molecule has 7 nitrogen and oxygen atoms in total. The molecule has 0 unspecified atom stereocenters. The van der Waals surface area contributed by atoms with Gasteiger partial charge < -0.3 is 19.4 Å². The number of hydrogen-bond donors (Lipinski definition) is 1. The number of anilines is 1. The van der Waals surface area contributed by atoms with Gasteiger partial charge in [0.25, 0.3) is 0 Å². The van der Waals surface area contributed by atoms with E-state index in [1.54, 1.807) is 19.3 Å². The molecule has 1 amide bonds. The molecule has 1 heterocycles. The van der Waals surface area contributed by atoms with Crippen LogP contribution < -0.4 is 10.1 Å². The highest BCUT2D eigenvalue weighted by atomic mass is 32.2. The van der Waals surface area contributed by atoms with Gasteiger partial charge in [-0.15, -0.1) is 16.8 Å². The number of methoxy groups -OCH3 is 1. The summed E-state index contributed by atoms with van der Waals surface area (Å²) in [6.45, 7) is 4.64. The van der Waals surface area contributed by atoms with E-state index < -0.39 is 0 Å². The van der Waals surface area contributed by atoms with E-state index in [4.69, 9.17) is 9.47 Å². The number of hydrogen-bond acceptors (Lipinski definition) is 6. The minimum atomic E-state index is -0.166. The predicted molar refractivity (Wildman–Crippen MR) is 113 cm³/mol. The van der Waals surface area contributed by atoms with Crippen LogP contribution in [0.2, 0.25) is 0 Å². The molecule has 0 bridgehead atoms. The van der Waals surface area contributed by atoms with E-state index in [0.29, 0.717) is 41.3 Å². The molecule has 2 aromatic carbocycles. The zero-order valence-corrected chi connectivity index (χ0v) is 16.9. The van der Waals surface area contributed by atoms with Crippen LogP contribution in [0.1, 0.15) is 5.82 Å². The fraction of sp³-hybridized carbons (Fsp3) is 0.190. The van der Waals surface area contributed by atoms with Crippen LogP contribution in [0.4, 0.5) is 5.69 Å². The lowest BCUT2D eigenvalue weighted by molar-refractivity contribution is -0.113. The molecule has 1 N–H and O–H groups in total. The molecule has 0 radical (unpaired) electrons. The summed E-state index contributed by atoms with van der Waals surface area (Å²) in [4.78, 5) is 12.5. The van der Waals surface area contributed by atoms with Crippen molar-refractivity contribution in [2.45, 2.75) is 18.3 Å². The SMILES string of the molecule is C=CCn1c(COC)nnc1SCC(=O)Nc1ccccc1Oc1ccccc1. The lowest BCUT2D eigenvalue weighted by Gasteiger charge is -2.12. The number of amides is 1. The molecular weight excluding hydrogens is 388 g/mol. The van der Waals surface area contributed by atoms with Crippen molar-refractivity contribution in [2.24, 2.45) is 0 Å². The second-order valence-corrected chi connectivity index (χ2v) is 6.92. The average molecular weight is 410 g/mol. The molecule has 3 rings (SSSR count). The molecule has 0 aliphatic rings. The second kappa shape index (κ2) is 10.4. The zero-order valence-electron chi connectivity index (χ0n) is 16.1. The van der Waals surface area contributed by atoms with Crippen LogP contribution in [0, 0.1) is 0 Å². The number of nitrogens with zero attached hydrogens (tertiary/aromatic N) is 3. The van der Waals surface area contributed by atoms with Crippen LogP contribution in [-0.4, -0.2) is 33.5 Å². The van der Waals surface area contributed by atoms with Gasteiger partial charge in [0.05, 0.1) is 11.4 Å². The summed E-state index contributed by atoms with van der Waals surface area (Å²) < 4.78 is 12.9. The Labute approximate surface area is 173 Å². The lowest BCUT2D eigenvalue weighted by atomic mass is 10.3. The molecule has 0 fully saturated rings. The fourth-order valence-electron chi connectivity index (χ4n) is 2.56. The van der Waals surface area contributed by atoms with E-state index in [0.717, 1.165) is 0 Å². The number of ether oxygens (including phenoxy) is 2. The molecule has 0 spiro atoms. The Bertz CT molecular complexity index is 960. The van der Waals surface area contributed by atoms with Gasteiger partial charge in [-0.25, -0.2) is 0 Å². The molecule has 8 heteroatoms. The van der Waals surface area contributed by atoms with Gasteiger partial charge in [0, 0.05) is 13.7 Å². The Balaban J connectivity index is 1.64. The number of nitrogens with one attached hydrogen (secondary N) is 1. The number of rotatable bonds is 10. The van der Waals surface area contributed by atoms with Gasteiger partial charge in [-0.3, -0.25) is 4.79 Å². The van der Waals surface area contributed by atoms with E-state index >= 15 is 0 Å². The van der Waals surface area contributed by atoms with Crippen molar-refractivity contribution in [3.63, 3.8) is 0 Å². The Hall–Kier alpha value is -3.10. The van der Waals surface area contributed by atoms with Gasteiger partial charge in [-0.2, -0.15) is 0 Å². The van der Waals surface area contributed by atoms with Crippen molar-refractivity contribution in [1.82, 2.24) is 14.8 Å². The van der Waals surface area contributed by atoms with Crippen molar-refractivity contribution in [1.29, 1.82) is 0 Å². The molecule has 0 atom stereocenters. The van der Waals surface area contributed by atoms with Crippen LogP contribution >= 0.6 is 11.8 Å². The smallest absolute Gasteiger partial charge is 0.234 e. The van der Waals surface area contributed by atoms with Crippen LogP contribution in [0.15, 0.2) is 72.4 Å². The van der Waals surface area contributed by atoms with Crippen LogP contribution in [0.5, 0.6) is 11.5 Å². The minimum absolute atomic E-state index is 0.166. The maximum absolute atomic E-state index is 12.5. The van der Waals surface area contributed by atoms with Gasteiger partial charge >= 0.3 is 0 Å². The maximum Gasteiger partial charge on any atom is 0.234 e. The van der Waals surface area contributed by atoms with E-state index in [-0.39, 0.29) is 11.7 Å². The molecule has 3 aromatic rings. The van der Waals surface area contributed by atoms with Crippen LogP contribution in [-0.2, 0) is 22.7 Å². The van der Waals surface area contributed by atoms with Crippen molar-refractivity contribution in [3.8, 4) is 11.5 Å². The summed E-state index contributed by atoms with van der Waals surface area (Å²) >= 11 is 1.30. The Morgan fingerprint density at radius 1 is 1.17 bits per heavy atom. The van der Waals surface area contributed by atoms with Gasteiger partial charge in [0.2, 0.25) is 5.91 Å². The number of thioether (sulfide) groups is 1. The van der Waals surface area contributed by atoms with Gasteiger partial charge in [0.1, 0.15) is 12.4 Å². The molecule has 0 saturated heterocycles. The Morgan fingerprint density at radius 2 is 1.93 bits per heavy atom. The first-order chi connectivity index (χ1) is 14.2. The third kappa shape index (κ3) is 5.69. The highest BCUT2D eigenvalue weighted by Crippen LogP contribution is 2.29. The molecule has 1 aromatic heterocycles. The van der Waals surface area contributed by atoms with E-state index in [1.807, 2.05) is 53.1 Å². The van der Waals surface area contributed by atoms with E-state index in [2.05, 4.69) is 22.1 Å². The number of para-hydroxylation sites is 3. The first kappa shape index (κ1) is 20.6. The third-order valence-corrected chi connectivity index (χ3v) is 4.81. The standard InChI is InChI=1S/C21H22N4O3S/c1-3-13-25-19(14-27-2)23-24-21(25)29-15-20(26)22-17-11-7-8-12-18(17)28-16-9-5-4-6-10-16/h3-12H,1,13-15H2,2H3,(H,22,26). The molecule has 0 saturated carbocycles. The first-order valence-electron chi connectivity index (χ1n) is 8.97. The minimum Gasteiger partial charge on any atom is -0.455 e. The zero-order chi connectivity index (χ0) is 20.5. The topological polar surface area (TPSA) is 78.3 Å². The Kier molecular flexibility index (Phi) is 7.43. The van der Waals surface area contributed by atoms with Gasteiger partial charge in [0.15, 0.2) is 16.7 Å². The number of benzene rings is 2. The summed E-state index contributed by atoms with van der Waals surface area (Å²) in [5.74, 6) is 1.99. The molecule has 29 heavy (non-hydrogen) atoms. The number of aromatic nitrogens is 3. The normalized spacial score (nSPS) is 10.5. The number of carbonyl (C=O) groups excluding carboxylic acids is 1. The molecule has 0 aliphatic heterocycles. The average Bonchev–Trinajstić information content (AvgIpc) is 3.11. The second-order valence-electron chi connectivity index (χ2n) is 5.98. The highest BCUT2D eigenvalue weighted by Gasteiger charge is 2.14. The van der Waals surface area contributed by atoms with Crippen molar-refractivity contribution >= 4 is 23.4 Å². The first-order valence-corrected chi connectivity index (χ1v) is 9.96. The maximum atomic E-state index is 12.5.